The van der Waals surface area contributed by atoms with Crippen LogP contribution in [0.15, 0.2) is 66.7 Å². The molecule has 0 atom stereocenters. The lowest BCUT2D eigenvalue weighted by atomic mass is 10.1. The third-order valence-corrected chi connectivity index (χ3v) is 4.74. The highest BCUT2D eigenvalue weighted by Crippen LogP contribution is 2.28. The monoisotopic (exact) mass is 374 g/mol. The fraction of sp³-hybridized carbons (Fsp3) is 0.174. The molecule has 1 aromatic heterocycles. The molecule has 0 fully saturated rings. The number of H-pyrrole nitrogens is 1. The summed E-state index contributed by atoms with van der Waals surface area (Å²) in [5, 5.41) is 5.21. The average molecular weight is 374 g/mol. The van der Waals surface area contributed by atoms with E-state index >= 15 is 0 Å². The molecule has 0 spiro atoms. The molecule has 142 valence electrons. The minimum absolute atomic E-state index is 0.00561. The molecule has 4 aromatic rings. The number of benzene rings is 3. The molecule has 0 radical (unpaired) electrons. The number of ether oxygens (including phenoxy) is 2. The number of aromatic nitrogens is 1. The molecular formula is C23H22N2O3. The topological polar surface area (TPSA) is 63.4 Å². The quantitative estimate of drug-likeness (QED) is 0.513. The number of para-hydroxylation sites is 1. The first kappa shape index (κ1) is 17.9. The number of carbonyl (C=O) groups is 1. The van der Waals surface area contributed by atoms with E-state index in [1.165, 1.54) is 5.39 Å². The molecule has 0 saturated carbocycles. The Morgan fingerprint density at radius 1 is 0.929 bits per heavy atom. The van der Waals surface area contributed by atoms with Crippen LogP contribution < -0.4 is 14.8 Å². The first-order chi connectivity index (χ1) is 13.7. The Kier molecular flexibility index (Phi) is 5.15. The second kappa shape index (κ2) is 8.05. The lowest BCUT2D eigenvalue weighted by Gasteiger charge is -2.08. The lowest BCUT2D eigenvalue weighted by Crippen LogP contribution is -2.30. The first-order valence-electron chi connectivity index (χ1n) is 9.26. The summed E-state index contributed by atoms with van der Waals surface area (Å²) in [7, 11) is 1.64. The highest BCUT2D eigenvalue weighted by Gasteiger charge is 2.07. The Bertz CT molecular complexity index is 1100. The Labute approximate surface area is 163 Å². The van der Waals surface area contributed by atoms with Gasteiger partial charge >= 0.3 is 0 Å². The van der Waals surface area contributed by atoms with Crippen LogP contribution in [0.3, 0.4) is 0 Å². The van der Waals surface area contributed by atoms with Gasteiger partial charge in [0.05, 0.1) is 12.6 Å². The smallest absolute Gasteiger partial charge is 0.257 e. The van der Waals surface area contributed by atoms with Gasteiger partial charge in [-0.15, -0.1) is 0 Å². The predicted molar refractivity (Wildman–Crippen MR) is 111 cm³/mol. The SMILES string of the molecule is COc1ccc(CCNC(=O)COc2ccc3c(c2)[nH]c2ccccc23)cc1. The standard InChI is InChI=1S/C23H22N2O3/c1-27-17-8-6-16(7-9-17)12-13-24-23(26)15-28-18-10-11-20-19-4-2-3-5-21(19)25-22(20)14-18/h2-11,14,25H,12-13,15H2,1H3,(H,24,26). The van der Waals surface area contributed by atoms with Crippen LogP contribution in [0.2, 0.25) is 0 Å². The highest BCUT2D eigenvalue weighted by molar-refractivity contribution is 6.07. The van der Waals surface area contributed by atoms with Crippen molar-refractivity contribution in [3.05, 3.63) is 72.3 Å². The van der Waals surface area contributed by atoms with Gasteiger partial charge in [-0.3, -0.25) is 4.79 Å². The van der Waals surface area contributed by atoms with E-state index in [2.05, 4.69) is 16.4 Å². The Hall–Kier alpha value is -3.47. The van der Waals surface area contributed by atoms with Gasteiger partial charge in [-0.05, 0) is 42.3 Å². The van der Waals surface area contributed by atoms with Crippen molar-refractivity contribution >= 4 is 27.7 Å². The third kappa shape index (κ3) is 3.93. The van der Waals surface area contributed by atoms with E-state index in [1.807, 2.05) is 60.7 Å². The number of aromatic amines is 1. The van der Waals surface area contributed by atoms with Gasteiger partial charge in [-0.25, -0.2) is 0 Å². The molecule has 1 heterocycles. The fourth-order valence-corrected chi connectivity index (χ4v) is 3.26. The van der Waals surface area contributed by atoms with Crippen molar-refractivity contribution in [2.75, 3.05) is 20.3 Å². The van der Waals surface area contributed by atoms with Crippen LogP contribution in [0.5, 0.6) is 11.5 Å². The maximum Gasteiger partial charge on any atom is 0.257 e. The van der Waals surface area contributed by atoms with Gasteiger partial charge in [0, 0.05) is 28.9 Å². The van der Waals surface area contributed by atoms with Gasteiger partial charge in [-0.1, -0.05) is 30.3 Å². The summed E-state index contributed by atoms with van der Waals surface area (Å²) in [5.41, 5.74) is 3.23. The van der Waals surface area contributed by atoms with Crippen LogP contribution in [-0.2, 0) is 11.2 Å². The van der Waals surface area contributed by atoms with Crippen LogP contribution in [-0.4, -0.2) is 31.2 Å². The molecule has 0 bridgehead atoms. The number of amides is 1. The van der Waals surface area contributed by atoms with Crippen molar-refractivity contribution in [3.63, 3.8) is 0 Å². The minimum Gasteiger partial charge on any atom is -0.497 e. The number of methoxy groups -OCH3 is 1. The van der Waals surface area contributed by atoms with E-state index in [0.29, 0.717) is 12.3 Å². The number of hydrogen-bond donors (Lipinski definition) is 2. The summed E-state index contributed by atoms with van der Waals surface area (Å²) < 4.78 is 10.8. The van der Waals surface area contributed by atoms with Crippen molar-refractivity contribution in [1.29, 1.82) is 0 Å². The predicted octanol–water partition coefficient (Wildman–Crippen LogP) is 4.07. The number of nitrogens with one attached hydrogen (secondary N) is 2. The molecule has 0 unspecified atom stereocenters. The molecule has 4 rings (SSSR count). The summed E-state index contributed by atoms with van der Waals surface area (Å²) in [6.45, 7) is 0.559. The Morgan fingerprint density at radius 3 is 2.50 bits per heavy atom. The zero-order chi connectivity index (χ0) is 19.3. The van der Waals surface area contributed by atoms with Crippen molar-refractivity contribution in [2.24, 2.45) is 0 Å². The zero-order valence-electron chi connectivity index (χ0n) is 15.7. The number of hydrogen-bond acceptors (Lipinski definition) is 3. The van der Waals surface area contributed by atoms with Crippen LogP contribution in [0.25, 0.3) is 21.8 Å². The van der Waals surface area contributed by atoms with E-state index < -0.39 is 0 Å². The largest absolute Gasteiger partial charge is 0.497 e. The number of carbonyl (C=O) groups excluding carboxylic acids is 1. The van der Waals surface area contributed by atoms with Gasteiger partial charge in [0.25, 0.3) is 5.91 Å². The van der Waals surface area contributed by atoms with Crippen LogP contribution >= 0.6 is 0 Å². The van der Waals surface area contributed by atoms with E-state index in [1.54, 1.807) is 7.11 Å². The molecule has 28 heavy (non-hydrogen) atoms. The Morgan fingerprint density at radius 2 is 1.68 bits per heavy atom. The van der Waals surface area contributed by atoms with Gasteiger partial charge in [0.15, 0.2) is 6.61 Å². The third-order valence-electron chi connectivity index (χ3n) is 4.74. The van der Waals surface area contributed by atoms with E-state index in [0.717, 1.165) is 34.2 Å². The molecule has 1 amide bonds. The first-order valence-corrected chi connectivity index (χ1v) is 9.26. The van der Waals surface area contributed by atoms with Crippen molar-refractivity contribution in [2.45, 2.75) is 6.42 Å². The normalized spacial score (nSPS) is 10.9. The van der Waals surface area contributed by atoms with Crippen molar-refractivity contribution in [3.8, 4) is 11.5 Å². The lowest BCUT2D eigenvalue weighted by molar-refractivity contribution is -0.123. The molecule has 0 aliphatic rings. The highest BCUT2D eigenvalue weighted by atomic mass is 16.5. The molecule has 0 aliphatic heterocycles. The van der Waals surface area contributed by atoms with E-state index in [9.17, 15) is 4.79 Å². The van der Waals surface area contributed by atoms with Crippen molar-refractivity contribution < 1.29 is 14.3 Å². The molecule has 0 saturated heterocycles. The van der Waals surface area contributed by atoms with E-state index in [-0.39, 0.29) is 12.5 Å². The zero-order valence-corrected chi connectivity index (χ0v) is 15.7. The second-order valence-electron chi connectivity index (χ2n) is 6.61. The van der Waals surface area contributed by atoms with Crippen LogP contribution in [0.1, 0.15) is 5.56 Å². The molecule has 5 heteroatoms. The van der Waals surface area contributed by atoms with Gasteiger partial charge in [-0.2, -0.15) is 0 Å². The Balaban J connectivity index is 1.29. The summed E-state index contributed by atoms with van der Waals surface area (Å²) >= 11 is 0. The minimum atomic E-state index is -0.134. The number of rotatable bonds is 7. The molecule has 2 N–H and O–H groups in total. The maximum absolute atomic E-state index is 12.0. The summed E-state index contributed by atoms with van der Waals surface area (Å²) in [6, 6.07) is 21.8. The molecular weight excluding hydrogens is 352 g/mol. The average Bonchev–Trinajstić information content (AvgIpc) is 3.10. The van der Waals surface area contributed by atoms with Gasteiger partial charge in [0.1, 0.15) is 11.5 Å². The number of fused-ring (bicyclic) bond motifs is 3. The summed E-state index contributed by atoms with van der Waals surface area (Å²) in [5.74, 6) is 1.36. The molecule has 0 aliphatic carbocycles. The second-order valence-corrected chi connectivity index (χ2v) is 6.61. The van der Waals surface area contributed by atoms with E-state index in [4.69, 9.17) is 9.47 Å². The molecule has 3 aromatic carbocycles. The maximum atomic E-state index is 12.0. The van der Waals surface area contributed by atoms with Crippen molar-refractivity contribution in [1.82, 2.24) is 10.3 Å². The fourth-order valence-electron chi connectivity index (χ4n) is 3.26. The van der Waals surface area contributed by atoms with Crippen LogP contribution in [0, 0.1) is 0 Å². The summed E-state index contributed by atoms with van der Waals surface area (Å²) in [4.78, 5) is 15.4. The van der Waals surface area contributed by atoms with Crippen LogP contribution in [0.4, 0.5) is 0 Å². The van der Waals surface area contributed by atoms with Gasteiger partial charge in [0.2, 0.25) is 0 Å². The van der Waals surface area contributed by atoms with Gasteiger partial charge < -0.3 is 19.8 Å². The summed E-state index contributed by atoms with van der Waals surface area (Å²) in [6.07, 6.45) is 0.761. The molecule has 5 nitrogen and oxygen atoms in total.